The normalized spacial score (nSPS) is 22.3. The molecule has 4 aliphatic rings. The SMILES string of the molecule is CCN(CC)C1Cc2c([nH]c3ccc(C(=O)NC4CCC4)cc23)C(OC(=O)C(=O)OC2CC(N(CC)CC)Cc3c2[nH]c2ccc(C(=O)NC4CCC4)cc32)C1. The molecule has 12 heteroatoms. The zero-order chi connectivity index (χ0) is 39.1. The highest BCUT2D eigenvalue weighted by atomic mass is 16.6. The Bertz CT molecular complexity index is 1970. The molecular formula is C44H56N6O6. The van der Waals surface area contributed by atoms with E-state index in [4.69, 9.17) is 9.47 Å². The van der Waals surface area contributed by atoms with Gasteiger partial charge >= 0.3 is 11.9 Å². The van der Waals surface area contributed by atoms with Crippen LogP contribution in [0.1, 0.15) is 135 Å². The Morgan fingerprint density at radius 1 is 0.625 bits per heavy atom. The molecule has 2 saturated carbocycles. The average Bonchev–Trinajstić information content (AvgIpc) is 3.73. The number of hydrogen-bond acceptors (Lipinski definition) is 8. The number of nitrogens with one attached hydrogen (secondary N) is 4. The van der Waals surface area contributed by atoms with Crippen molar-refractivity contribution in [2.24, 2.45) is 0 Å². The number of esters is 2. The van der Waals surface area contributed by atoms with Gasteiger partial charge in [-0.3, -0.25) is 9.59 Å². The summed E-state index contributed by atoms with van der Waals surface area (Å²) in [5.41, 5.74) is 6.46. The van der Waals surface area contributed by atoms with Crippen LogP contribution in [0.25, 0.3) is 21.8 Å². The van der Waals surface area contributed by atoms with Crippen molar-refractivity contribution in [3.05, 3.63) is 70.0 Å². The van der Waals surface area contributed by atoms with E-state index in [0.29, 0.717) is 24.0 Å². The summed E-state index contributed by atoms with van der Waals surface area (Å²) in [6.07, 6.45) is 7.41. The minimum atomic E-state index is -1.03. The molecule has 8 rings (SSSR count). The fourth-order valence-corrected chi connectivity index (χ4v) is 9.42. The Morgan fingerprint density at radius 3 is 1.36 bits per heavy atom. The van der Waals surface area contributed by atoms with Crippen LogP contribution in [0.2, 0.25) is 0 Å². The number of aromatic amines is 2. The van der Waals surface area contributed by atoms with E-state index in [9.17, 15) is 19.2 Å². The Kier molecular flexibility index (Phi) is 11.0. The maximum Gasteiger partial charge on any atom is 0.418 e. The number of carbonyl (C=O) groups is 4. The molecule has 4 N–H and O–H groups in total. The van der Waals surface area contributed by atoms with Gasteiger partial charge < -0.3 is 39.9 Å². The molecule has 2 fully saturated rings. The van der Waals surface area contributed by atoms with E-state index in [1.54, 1.807) is 0 Å². The smallest absolute Gasteiger partial charge is 0.418 e. The maximum atomic E-state index is 13.8. The lowest BCUT2D eigenvalue weighted by Gasteiger charge is -2.37. The van der Waals surface area contributed by atoms with Gasteiger partial charge in [0.15, 0.2) is 0 Å². The zero-order valence-corrected chi connectivity index (χ0v) is 33.2. The van der Waals surface area contributed by atoms with Crippen molar-refractivity contribution in [3.63, 3.8) is 0 Å². The number of rotatable bonds is 12. The van der Waals surface area contributed by atoms with Crippen molar-refractivity contribution >= 4 is 45.6 Å². The number of ether oxygens (including phenoxy) is 2. The number of nitrogens with zero attached hydrogens (tertiary/aromatic N) is 2. The Balaban J connectivity index is 1.05. The monoisotopic (exact) mass is 764 g/mol. The third-order valence-corrected chi connectivity index (χ3v) is 13.1. The molecule has 0 bridgehead atoms. The number of aromatic nitrogens is 2. The number of amides is 2. The third kappa shape index (κ3) is 7.33. The van der Waals surface area contributed by atoms with Crippen molar-refractivity contribution in [2.75, 3.05) is 26.2 Å². The second-order valence-corrected chi connectivity index (χ2v) is 16.2. The van der Waals surface area contributed by atoms with Crippen LogP contribution >= 0.6 is 0 Å². The first-order chi connectivity index (χ1) is 27.2. The van der Waals surface area contributed by atoms with E-state index in [1.807, 2.05) is 36.4 Å². The molecule has 4 atom stereocenters. The zero-order valence-electron chi connectivity index (χ0n) is 33.2. The summed E-state index contributed by atoms with van der Waals surface area (Å²) in [6, 6.07) is 12.0. The fourth-order valence-electron chi connectivity index (χ4n) is 9.42. The lowest BCUT2D eigenvalue weighted by molar-refractivity contribution is -0.176. The average molecular weight is 765 g/mol. The van der Waals surface area contributed by atoms with Gasteiger partial charge in [-0.1, -0.05) is 27.7 Å². The highest BCUT2D eigenvalue weighted by molar-refractivity contribution is 6.29. The van der Waals surface area contributed by atoms with Crippen LogP contribution in [-0.4, -0.2) is 93.9 Å². The van der Waals surface area contributed by atoms with Crippen LogP contribution in [0, 0.1) is 0 Å². The van der Waals surface area contributed by atoms with Crippen LogP contribution < -0.4 is 10.6 Å². The van der Waals surface area contributed by atoms with Crippen LogP contribution in [0.15, 0.2) is 36.4 Å². The molecule has 298 valence electrons. The molecule has 4 aliphatic carbocycles. The van der Waals surface area contributed by atoms with E-state index >= 15 is 0 Å². The Morgan fingerprint density at radius 2 is 1.02 bits per heavy atom. The quantitative estimate of drug-likeness (QED) is 0.0958. The molecule has 0 radical (unpaired) electrons. The van der Waals surface area contributed by atoms with E-state index < -0.39 is 24.1 Å². The molecule has 0 saturated heterocycles. The first kappa shape index (κ1) is 38.2. The van der Waals surface area contributed by atoms with Crippen molar-refractivity contribution in [1.29, 1.82) is 0 Å². The van der Waals surface area contributed by atoms with Gasteiger partial charge in [0.2, 0.25) is 0 Å². The first-order valence-corrected chi connectivity index (χ1v) is 21.0. The Labute approximate surface area is 328 Å². The molecule has 56 heavy (non-hydrogen) atoms. The van der Waals surface area contributed by atoms with Gasteiger partial charge in [0.25, 0.3) is 11.8 Å². The topological polar surface area (TPSA) is 149 Å². The molecule has 2 aromatic carbocycles. The van der Waals surface area contributed by atoms with Crippen molar-refractivity contribution in [1.82, 2.24) is 30.4 Å². The second-order valence-electron chi connectivity index (χ2n) is 16.2. The summed E-state index contributed by atoms with van der Waals surface area (Å²) in [5, 5.41) is 8.15. The number of H-pyrrole nitrogens is 2. The van der Waals surface area contributed by atoms with Crippen molar-refractivity contribution in [2.45, 2.75) is 128 Å². The number of benzene rings is 2. The van der Waals surface area contributed by atoms with Crippen LogP contribution in [-0.2, 0) is 31.9 Å². The van der Waals surface area contributed by atoms with Crippen LogP contribution in [0.3, 0.4) is 0 Å². The summed E-state index contributed by atoms with van der Waals surface area (Å²) < 4.78 is 12.2. The molecule has 4 unspecified atom stereocenters. The number of hydrogen-bond donors (Lipinski definition) is 4. The fraction of sp³-hybridized carbons (Fsp3) is 0.545. The van der Waals surface area contributed by atoms with Crippen molar-refractivity contribution in [3.8, 4) is 0 Å². The summed E-state index contributed by atoms with van der Waals surface area (Å²) in [4.78, 5) is 65.6. The lowest BCUT2D eigenvalue weighted by atomic mass is 9.87. The van der Waals surface area contributed by atoms with Gasteiger partial charge in [-0.2, -0.15) is 0 Å². The van der Waals surface area contributed by atoms with E-state index in [2.05, 4.69) is 58.1 Å². The van der Waals surface area contributed by atoms with Gasteiger partial charge in [0, 0.05) is 69.9 Å². The van der Waals surface area contributed by atoms with E-state index in [1.165, 1.54) is 0 Å². The molecule has 2 aromatic heterocycles. The summed E-state index contributed by atoms with van der Waals surface area (Å²) in [6.45, 7) is 11.8. The highest BCUT2D eigenvalue weighted by Crippen LogP contribution is 2.41. The van der Waals surface area contributed by atoms with Crippen LogP contribution in [0.4, 0.5) is 0 Å². The highest BCUT2D eigenvalue weighted by Gasteiger charge is 2.39. The largest absolute Gasteiger partial charge is 0.447 e. The molecule has 2 amide bonds. The number of fused-ring (bicyclic) bond motifs is 6. The predicted molar refractivity (Wildman–Crippen MR) is 215 cm³/mol. The maximum absolute atomic E-state index is 13.8. The molecule has 0 aliphatic heterocycles. The third-order valence-electron chi connectivity index (χ3n) is 13.1. The second kappa shape index (κ2) is 16.1. The van der Waals surface area contributed by atoms with Gasteiger partial charge in [-0.05, 0) is 125 Å². The van der Waals surface area contributed by atoms with Gasteiger partial charge in [-0.25, -0.2) is 9.59 Å². The Hall–Kier alpha value is -4.68. The van der Waals surface area contributed by atoms with Gasteiger partial charge in [0.1, 0.15) is 12.2 Å². The minimum absolute atomic E-state index is 0.0700. The number of carbonyl (C=O) groups excluding carboxylic acids is 4. The number of likely N-dealkylation sites (N-methyl/N-ethyl adjacent to an activating group) is 2. The molecule has 12 nitrogen and oxygen atoms in total. The standard InChI is InChI=1S/C44H56N6O6/c1-5-49(6-2)29-21-33-31-19-25(41(51)45-27-11-9-12-27)15-17-35(31)47-39(33)37(23-29)55-43(53)44(54)56-38-24-30(50(7-3)8-4)22-34-32-20-26(16-18-36(32)48-40(34)38)42(52)46-28-13-10-14-28/h15-20,27-30,37-38,47-48H,5-14,21-24H2,1-4H3,(H,45,51)(H,46,52). The van der Waals surface area contributed by atoms with E-state index in [0.717, 1.165) is 122 Å². The molecule has 4 aromatic rings. The summed E-state index contributed by atoms with van der Waals surface area (Å²) in [5.74, 6) is -2.21. The molecule has 0 spiro atoms. The first-order valence-electron chi connectivity index (χ1n) is 21.0. The van der Waals surface area contributed by atoms with Gasteiger partial charge in [0.05, 0.1) is 11.4 Å². The lowest BCUT2D eigenvalue weighted by Crippen LogP contribution is -2.42. The molecular weight excluding hydrogens is 709 g/mol. The van der Waals surface area contributed by atoms with Crippen LogP contribution in [0.5, 0.6) is 0 Å². The summed E-state index contributed by atoms with van der Waals surface area (Å²) >= 11 is 0. The van der Waals surface area contributed by atoms with Crippen molar-refractivity contribution < 1.29 is 28.7 Å². The minimum Gasteiger partial charge on any atom is -0.447 e. The molecule has 2 heterocycles. The van der Waals surface area contributed by atoms with Gasteiger partial charge in [-0.15, -0.1) is 0 Å². The summed E-state index contributed by atoms with van der Waals surface area (Å²) in [7, 11) is 0. The predicted octanol–water partition coefficient (Wildman–Crippen LogP) is 6.40. The van der Waals surface area contributed by atoms with E-state index in [-0.39, 0.29) is 36.0 Å².